The fraction of sp³-hybridized carbons (Fsp3) is 0.130. The van der Waals surface area contributed by atoms with Crippen LogP contribution in [0.5, 0.6) is 0 Å². The van der Waals surface area contributed by atoms with Crippen molar-refractivity contribution in [1.29, 1.82) is 0 Å². The SMILES string of the molecule is CC(=O)Nc1ccccc1NC(=O)CC(c1ccccc1)c1ccccc1. The van der Waals surface area contributed by atoms with Crippen molar-refractivity contribution in [3.63, 3.8) is 0 Å². The molecule has 0 atom stereocenters. The highest BCUT2D eigenvalue weighted by atomic mass is 16.2. The predicted octanol–water partition coefficient (Wildman–Crippen LogP) is 4.81. The molecule has 0 saturated heterocycles. The van der Waals surface area contributed by atoms with E-state index in [0.717, 1.165) is 11.1 Å². The molecule has 0 unspecified atom stereocenters. The van der Waals surface area contributed by atoms with Crippen LogP contribution in [0, 0.1) is 0 Å². The third-order valence-corrected chi connectivity index (χ3v) is 4.31. The number of rotatable bonds is 6. The largest absolute Gasteiger partial charge is 0.325 e. The summed E-state index contributed by atoms with van der Waals surface area (Å²) in [6.07, 6.45) is 0.308. The molecule has 0 radical (unpaired) electrons. The van der Waals surface area contributed by atoms with E-state index in [1.165, 1.54) is 6.92 Å². The van der Waals surface area contributed by atoms with E-state index in [1.54, 1.807) is 12.1 Å². The van der Waals surface area contributed by atoms with Crippen molar-refractivity contribution in [3.8, 4) is 0 Å². The smallest absolute Gasteiger partial charge is 0.225 e. The van der Waals surface area contributed by atoms with E-state index in [9.17, 15) is 9.59 Å². The summed E-state index contributed by atoms with van der Waals surface area (Å²) in [6.45, 7) is 1.44. The number of hydrogen-bond acceptors (Lipinski definition) is 2. The minimum atomic E-state index is -0.178. The van der Waals surface area contributed by atoms with Crippen molar-refractivity contribution in [2.24, 2.45) is 0 Å². The summed E-state index contributed by atoms with van der Waals surface area (Å²) in [5, 5.41) is 5.67. The lowest BCUT2D eigenvalue weighted by Crippen LogP contribution is -2.18. The Hall–Kier alpha value is -3.40. The van der Waals surface area contributed by atoms with Gasteiger partial charge in [0.1, 0.15) is 0 Å². The Kier molecular flexibility index (Phi) is 6.00. The third kappa shape index (κ3) is 5.05. The number of benzene rings is 3. The molecule has 2 amide bonds. The van der Waals surface area contributed by atoms with Crippen LogP contribution < -0.4 is 10.6 Å². The van der Waals surface area contributed by atoms with Gasteiger partial charge in [0.05, 0.1) is 11.4 Å². The number of para-hydroxylation sites is 2. The molecule has 3 aromatic rings. The second-order valence-corrected chi connectivity index (χ2v) is 6.35. The normalized spacial score (nSPS) is 10.4. The zero-order valence-corrected chi connectivity index (χ0v) is 15.2. The molecule has 0 aliphatic rings. The van der Waals surface area contributed by atoms with Crippen LogP contribution in [0.3, 0.4) is 0 Å². The van der Waals surface area contributed by atoms with Gasteiger partial charge in [-0.15, -0.1) is 0 Å². The average molecular weight is 358 g/mol. The summed E-state index contributed by atoms with van der Waals surface area (Å²) >= 11 is 0. The first-order valence-corrected chi connectivity index (χ1v) is 8.90. The fourth-order valence-corrected chi connectivity index (χ4v) is 3.08. The standard InChI is InChI=1S/C23H22N2O2/c1-17(26)24-21-14-8-9-15-22(21)25-23(27)16-20(18-10-4-2-5-11-18)19-12-6-3-7-13-19/h2-15,20H,16H2,1H3,(H,24,26)(H,25,27). The van der Waals surface area contributed by atoms with E-state index in [1.807, 2.05) is 72.8 Å². The van der Waals surface area contributed by atoms with Crippen LogP contribution in [0.4, 0.5) is 11.4 Å². The molecule has 0 fully saturated rings. The van der Waals surface area contributed by atoms with Crippen molar-refractivity contribution in [2.45, 2.75) is 19.3 Å². The van der Waals surface area contributed by atoms with Gasteiger partial charge in [-0.1, -0.05) is 72.8 Å². The lowest BCUT2D eigenvalue weighted by atomic mass is 9.88. The van der Waals surface area contributed by atoms with Crippen LogP contribution in [-0.2, 0) is 9.59 Å². The number of carbonyl (C=O) groups is 2. The summed E-state index contributed by atoms with van der Waals surface area (Å²) in [5.74, 6) is -0.325. The van der Waals surface area contributed by atoms with Gasteiger partial charge in [-0.2, -0.15) is 0 Å². The van der Waals surface area contributed by atoms with Crippen molar-refractivity contribution in [2.75, 3.05) is 10.6 Å². The van der Waals surface area contributed by atoms with Gasteiger partial charge >= 0.3 is 0 Å². The molecule has 27 heavy (non-hydrogen) atoms. The minimum Gasteiger partial charge on any atom is -0.325 e. The minimum absolute atomic E-state index is 0.0414. The Bertz CT molecular complexity index is 868. The first kappa shape index (κ1) is 18.4. The van der Waals surface area contributed by atoms with Gasteiger partial charge in [0.2, 0.25) is 11.8 Å². The second-order valence-electron chi connectivity index (χ2n) is 6.35. The molecule has 3 rings (SSSR count). The van der Waals surface area contributed by atoms with Crippen molar-refractivity contribution in [1.82, 2.24) is 0 Å². The van der Waals surface area contributed by atoms with E-state index < -0.39 is 0 Å². The fourth-order valence-electron chi connectivity index (χ4n) is 3.08. The van der Waals surface area contributed by atoms with Crippen LogP contribution in [0.2, 0.25) is 0 Å². The molecule has 2 N–H and O–H groups in total. The van der Waals surface area contributed by atoms with Gasteiger partial charge < -0.3 is 10.6 Å². The monoisotopic (exact) mass is 358 g/mol. The Balaban J connectivity index is 1.81. The van der Waals surface area contributed by atoms with Gasteiger partial charge in [0.25, 0.3) is 0 Å². The summed E-state index contributed by atoms with van der Waals surface area (Å²) in [5.41, 5.74) is 3.37. The quantitative estimate of drug-likeness (QED) is 0.664. The number of anilines is 2. The zero-order chi connectivity index (χ0) is 19.1. The van der Waals surface area contributed by atoms with Gasteiger partial charge in [0, 0.05) is 19.3 Å². The highest BCUT2D eigenvalue weighted by Crippen LogP contribution is 2.29. The molecular formula is C23H22N2O2. The Morgan fingerprint density at radius 3 is 1.63 bits per heavy atom. The highest BCUT2D eigenvalue weighted by Gasteiger charge is 2.18. The van der Waals surface area contributed by atoms with E-state index in [0.29, 0.717) is 17.8 Å². The first-order valence-electron chi connectivity index (χ1n) is 8.90. The van der Waals surface area contributed by atoms with Gasteiger partial charge in [-0.25, -0.2) is 0 Å². The molecule has 0 heterocycles. The molecule has 0 aliphatic carbocycles. The van der Waals surface area contributed by atoms with Crippen LogP contribution in [0.15, 0.2) is 84.9 Å². The predicted molar refractivity (Wildman–Crippen MR) is 109 cm³/mol. The number of nitrogens with one attached hydrogen (secondary N) is 2. The molecule has 0 spiro atoms. The maximum Gasteiger partial charge on any atom is 0.225 e. The van der Waals surface area contributed by atoms with Crippen molar-refractivity contribution in [3.05, 3.63) is 96.1 Å². The molecule has 0 aliphatic heterocycles. The maximum atomic E-state index is 12.8. The van der Waals surface area contributed by atoms with Crippen molar-refractivity contribution >= 4 is 23.2 Å². The van der Waals surface area contributed by atoms with E-state index in [2.05, 4.69) is 10.6 Å². The van der Waals surface area contributed by atoms with E-state index in [4.69, 9.17) is 0 Å². The van der Waals surface area contributed by atoms with Gasteiger partial charge in [-0.05, 0) is 23.3 Å². The number of amides is 2. The lowest BCUT2D eigenvalue weighted by Gasteiger charge is -2.18. The topological polar surface area (TPSA) is 58.2 Å². The Morgan fingerprint density at radius 1 is 0.704 bits per heavy atom. The summed E-state index contributed by atoms with van der Waals surface area (Å²) in [4.78, 5) is 24.2. The summed E-state index contributed by atoms with van der Waals surface area (Å²) < 4.78 is 0. The molecule has 0 aromatic heterocycles. The highest BCUT2D eigenvalue weighted by molar-refractivity contribution is 5.99. The summed E-state index contributed by atoms with van der Waals surface area (Å²) in [7, 11) is 0. The molecule has 3 aromatic carbocycles. The Morgan fingerprint density at radius 2 is 1.15 bits per heavy atom. The second kappa shape index (κ2) is 8.81. The summed E-state index contributed by atoms with van der Waals surface area (Å²) in [6, 6.07) is 27.2. The van der Waals surface area contributed by atoms with E-state index in [-0.39, 0.29) is 17.7 Å². The average Bonchev–Trinajstić information content (AvgIpc) is 2.69. The van der Waals surface area contributed by atoms with Gasteiger partial charge in [0.15, 0.2) is 0 Å². The zero-order valence-electron chi connectivity index (χ0n) is 15.2. The first-order chi connectivity index (χ1) is 13.1. The maximum absolute atomic E-state index is 12.8. The molecular weight excluding hydrogens is 336 g/mol. The Labute approximate surface area is 159 Å². The van der Waals surface area contributed by atoms with Crippen molar-refractivity contribution < 1.29 is 9.59 Å². The number of hydrogen-bond donors (Lipinski definition) is 2. The van der Waals surface area contributed by atoms with Crippen LogP contribution in [0.1, 0.15) is 30.4 Å². The van der Waals surface area contributed by atoms with Crippen LogP contribution >= 0.6 is 0 Å². The molecule has 0 saturated carbocycles. The number of carbonyl (C=O) groups excluding carboxylic acids is 2. The molecule has 4 nitrogen and oxygen atoms in total. The lowest BCUT2D eigenvalue weighted by molar-refractivity contribution is -0.116. The van der Waals surface area contributed by atoms with Crippen LogP contribution in [0.25, 0.3) is 0 Å². The third-order valence-electron chi connectivity index (χ3n) is 4.31. The molecule has 136 valence electrons. The molecule has 0 bridgehead atoms. The van der Waals surface area contributed by atoms with Crippen LogP contribution in [-0.4, -0.2) is 11.8 Å². The molecule has 4 heteroatoms. The van der Waals surface area contributed by atoms with E-state index >= 15 is 0 Å². The van der Waals surface area contributed by atoms with Gasteiger partial charge in [-0.3, -0.25) is 9.59 Å².